The quantitative estimate of drug-likeness (QED) is 0.563. The van der Waals surface area contributed by atoms with Gasteiger partial charge in [-0.15, -0.1) is 11.8 Å². The largest absolute Gasteiger partial charge is 0.130 e. The summed E-state index contributed by atoms with van der Waals surface area (Å²) in [6.07, 6.45) is 2.11. The van der Waals surface area contributed by atoms with Crippen LogP contribution in [0.1, 0.15) is 0 Å². The van der Waals surface area contributed by atoms with Crippen molar-refractivity contribution in [2.24, 2.45) is 0 Å². The van der Waals surface area contributed by atoms with Gasteiger partial charge in [-0.2, -0.15) is 0 Å². The molecule has 0 N–H and O–H groups in total. The lowest BCUT2D eigenvalue weighted by molar-refractivity contribution is 1.51. The summed E-state index contributed by atoms with van der Waals surface area (Å²) >= 11 is 4.16. The third kappa shape index (κ3) is 1.83. The molecule has 0 atom stereocenters. The molecule has 0 unspecified atom stereocenters. The van der Waals surface area contributed by atoms with Crippen molar-refractivity contribution in [2.75, 3.05) is 6.26 Å². The molecule has 66 valence electrons. The molecule has 0 saturated carbocycles. The predicted octanol–water partition coefficient (Wildman–Crippen LogP) is 4.17. The molecule has 0 nitrogen and oxygen atoms in total. The van der Waals surface area contributed by atoms with Crippen LogP contribution in [0, 0.1) is 3.57 Å². The number of hydrogen-bond acceptors (Lipinski definition) is 1. The summed E-state index contributed by atoms with van der Waals surface area (Å²) in [5.41, 5.74) is 0. The maximum absolute atomic E-state index is 2.38. The topological polar surface area (TPSA) is 0 Å². The molecule has 0 amide bonds. The summed E-state index contributed by atoms with van der Waals surface area (Å²) in [6, 6.07) is 13.0. The number of fused-ring (bicyclic) bond motifs is 1. The van der Waals surface area contributed by atoms with E-state index in [1.54, 1.807) is 11.8 Å². The van der Waals surface area contributed by atoms with Gasteiger partial charge in [-0.3, -0.25) is 0 Å². The number of halogens is 1. The fourth-order valence-corrected chi connectivity index (χ4v) is 2.50. The van der Waals surface area contributed by atoms with Gasteiger partial charge in [0, 0.05) is 8.47 Å². The zero-order valence-electron chi connectivity index (χ0n) is 7.25. The van der Waals surface area contributed by atoms with Crippen LogP contribution in [0.4, 0.5) is 0 Å². The van der Waals surface area contributed by atoms with Crippen molar-refractivity contribution in [3.63, 3.8) is 0 Å². The monoisotopic (exact) mass is 300 g/mol. The van der Waals surface area contributed by atoms with E-state index in [0.717, 1.165) is 0 Å². The standard InChI is InChI=1S/C11H9IS/c1-13-9-5-6-10-8(7-9)3-2-4-11(10)12/h2-7H,1H3. The van der Waals surface area contributed by atoms with Crippen molar-refractivity contribution in [1.82, 2.24) is 0 Å². The van der Waals surface area contributed by atoms with Crippen LogP contribution in [0.2, 0.25) is 0 Å². The lowest BCUT2D eigenvalue weighted by Gasteiger charge is -2.02. The summed E-state index contributed by atoms with van der Waals surface area (Å²) in [7, 11) is 0. The van der Waals surface area contributed by atoms with Crippen LogP contribution in [-0.2, 0) is 0 Å². The van der Waals surface area contributed by atoms with Gasteiger partial charge in [0.2, 0.25) is 0 Å². The van der Waals surface area contributed by atoms with Gasteiger partial charge in [-0.25, -0.2) is 0 Å². The van der Waals surface area contributed by atoms with Crippen LogP contribution < -0.4 is 0 Å². The first-order valence-corrected chi connectivity index (χ1v) is 6.34. The zero-order chi connectivity index (χ0) is 9.26. The Kier molecular flexibility index (Phi) is 2.79. The van der Waals surface area contributed by atoms with E-state index in [2.05, 4.69) is 65.2 Å². The van der Waals surface area contributed by atoms with Crippen molar-refractivity contribution >= 4 is 45.1 Å². The molecule has 2 aromatic rings. The van der Waals surface area contributed by atoms with Crippen molar-refractivity contribution < 1.29 is 0 Å². The average molecular weight is 300 g/mol. The van der Waals surface area contributed by atoms with E-state index >= 15 is 0 Å². The van der Waals surface area contributed by atoms with E-state index in [0.29, 0.717) is 0 Å². The Morgan fingerprint density at radius 1 is 1.15 bits per heavy atom. The van der Waals surface area contributed by atoms with Crippen LogP contribution >= 0.6 is 34.4 Å². The Morgan fingerprint density at radius 2 is 2.00 bits per heavy atom. The fraction of sp³-hybridized carbons (Fsp3) is 0.0909. The first-order valence-electron chi connectivity index (χ1n) is 4.03. The van der Waals surface area contributed by atoms with E-state index in [1.807, 2.05) is 0 Å². The number of hydrogen-bond donors (Lipinski definition) is 0. The third-order valence-corrected chi connectivity index (χ3v) is 3.70. The Hall–Kier alpha value is -0.220. The van der Waals surface area contributed by atoms with Crippen LogP contribution in [0.25, 0.3) is 10.8 Å². The number of rotatable bonds is 1. The highest BCUT2D eigenvalue weighted by Gasteiger charge is 1.97. The van der Waals surface area contributed by atoms with Gasteiger partial charge in [0.25, 0.3) is 0 Å². The molecule has 0 aliphatic carbocycles. The Bertz CT molecular complexity index is 437. The molecular weight excluding hydrogens is 291 g/mol. The predicted molar refractivity (Wildman–Crippen MR) is 68.4 cm³/mol. The molecule has 0 bridgehead atoms. The average Bonchev–Trinajstić information content (AvgIpc) is 2.18. The zero-order valence-corrected chi connectivity index (χ0v) is 10.2. The summed E-state index contributed by atoms with van der Waals surface area (Å²) in [4.78, 5) is 1.33. The van der Waals surface area contributed by atoms with E-state index in [9.17, 15) is 0 Å². The van der Waals surface area contributed by atoms with Crippen LogP contribution in [-0.4, -0.2) is 6.26 Å². The van der Waals surface area contributed by atoms with Crippen LogP contribution in [0.3, 0.4) is 0 Å². The molecule has 0 aromatic heterocycles. The molecule has 0 saturated heterocycles. The van der Waals surface area contributed by atoms with Gasteiger partial charge >= 0.3 is 0 Å². The molecule has 2 rings (SSSR count). The summed E-state index contributed by atoms with van der Waals surface area (Å²) in [5, 5.41) is 2.68. The molecule has 0 aliphatic heterocycles. The van der Waals surface area contributed by atoms with Crippen molar-refractivity contribution in [2.45, 2.75) is 4.90 Å². The maximum atomic E-state index is 2.38. The minimum Gasteiger partial charge on any atom is -0.130 e. The van der Waals surface area contributed by atoms with Crippen molar-refractivity contribution in [3.05, 3.63) is 40.0 Å². The van der Waals surface area contributed by atoms with Gasteiger partial charge in [-0.1, -0.05) is 18.2 Å². The molecule has 0 spiro atoms. The van der Waals surface area contributed by atoms with Crippen molar-refractivity contribution in [1.29, 1.82) is 0 Å². The minimum atomic E-state index is 1.32. The van der Waals surface area contributed by atoms with E-state index in [4.69, 9.17) is 0 Å². The maximum Gasteiger partial charge on any atom is 0.0208 e. The smallest absolute Gasteiger partial charge is 0.0208 e. The second-order valence-corrected chi connectivity index (χ2v) is 4.87. The lowest BCUT2D eigenvalue weighted by atomic mass is 10.1. The lowest BCUT2D eigenvalue weighted by Crippen LogP contribution is -1.77. The normalized spacial score (nSPS) is 10.6. The molecule has 2 aromatic carbocycles. The Labute approximate surface area is 95.9 Å². The Balaban J connectivity index is 2.72. The summed E-state index contributed by atoms with van der Waals surface area (Å²) in [6.45, 7) is 0. The third-order valence-electron chi connectivity index (χ3n) is 2.03. The summed E-state index contributed by atoms with van der Waals surface area (Å²) in [5.74, 6) is 0. The first kappa shape index (κ1) is 9.34. The molecule has 0 aliphatic rings. The molecular formula is C11H9IS. The summed E-state index contributed by atoms with van der Waals surface area (Å²) < 4.78 is 1.32. The van der Waals surface area contributed by atoms with Crippen LogP contribution in [0.15, 0.2) is 41.3 Å². The highest BCUT2D eigenvalue weighted by Crippen LogP contribution is 2.25. The molecule has 13 heavy (non-hydrogen) atoms. The van der Waals surface area contributed by atoms with E-state index < -0.39 is 0 Å². The second kappa shape index (κ2) is 3.88. The number of thioether (sulfide) groups is 1. The van der Waals surface area contributed by atoms with E-state index in [1.165, 1.54) is 19.2 Å². The highest BCUT2D eigenvalue weighted by molar-refractivity contribution is 14.1. The SMILES string of the molecule is CSc1ccc2c(I)cccc2c1. The van der Waals surface area contributed by atoms with Gasteiger partial charge in [-0.05, 0) is 57.8 Å². The van der Waals surface area contributed by atoms with Gasteiger partial charge < -0.3 is 0 Å². The minimum absolute atomic E-state index is 1.32. The molecule has 2 heteroatoms. The van der Waals surface area contributed by atoms with Gasteiger partial charge in [0.1, 0.15) is 0 Å². The van der Waals surface area contributed by atoms with Crippen LogP contribution in [0.5, 0.6) is 0 Å². The van der Waals surface area contributed by atoms with Crippen molar-refractivity contribution in [3.8, 4) is 0 Å². The molecule has 0 heterocycles. The highest BCUT2D eigenvalue weighted by atomic mass is 127. The Morgan fingerprint density at radius 3 is 2.77 bits per heavy atom. The second-order valence-electron chi connectivity index (χ2n) is 2.83. The van der Waals surface area contributed by atoms with Gasteiger partial charge in [0.15, 0.2) is 0 Å². The molecule has 0 radical (unpaired) electrons. The van der Waals surface area contributed by atoms with Gasteiger partial charge in [0.05, 0.1) is 0 Å². The number of benzene rings is 2. The fourth-order valence-electron chi connectivity index (χ4n) is 1.35. The van der Waals surface area contributed by atoms with E-state index in [-0.39, 0.29) is 0 Å². The molecule has 0 fully saturated rings. The first-order chi connectivity index (χ1) is 6.31.